The van der Waals surface area contributed by atoms with Crippen molar-refractivity contribution in [3.63, 3.8) is 0 Å². The van der Waals surface area contributed by atoms with Crippen molar-refractivity contribution in [3.8, 4) is 11.6 Å². The van der Waals surface area contributed by atoms with E-state index in [1.807, 2.05) is 0 Å². The van der Waals surface area contributed by atoms with Crippen LogP contribution in [0.25, 0.3) is 0 Å². The molecule has 0 bridgehead atoms. The number of nitrogens with two attached hydrogens (primary N) is 1. The molecule has 2 rings (SSSR count). The first-order valence-electron chi connectivity index (χ1n) is 5.05. The molecule has 2 aromatic rings. The molecule has 0 aromatic carbocycles. The summed E-state index contributed by atoms with van der Waals surface area (Å²) in [7, 11) is 1.74. The van der Waals surface area contributed by atoms with Gasteiger partial charge in [-0.2, -0.15) is 5.10 Å². The lowest BCUT2D eigenvalue weighted by Crippen LogP contribution is -2.13. The Morgan fingerprint density at radius 1 is 1.53 bits per heavy atom. The third-order valence-corrected chi connectivity index (χ3v) is 2.29. The first kappa shape index (κ1) is 11.1. The Morgan fingerprint density at radius 2 is 2.29 bits per heavy atom. The molecule has 3 N–H and O–H groups in total. The van der Waals surface area contributed by atoms with Crippen molar-refractivity contribution in [2.75, 3.05) is 0 Å². The number of aromatic nitrogens is 3. The van der Waals surface area contributed by atoms with Gasteiger partial charge in [-0.15, -0.1) is 0 Å². The zero-order valence-corrected chi connectivity index (χ0v) is 9.64. The Hall–Kier alpha value is -2.37. The normalized spacial score (nSPS) is 10.2. The predicted molar refractivity (Wildman–Crippen MR) is 63.3 cm³/mol. The van der Waals surface area contributed by atoms with Gasteiger partial charge < -0.3 is 10.5 Å². The van der Waals surface area contributed by atoms with Gasteiger partial charge in [0.15, 0.2) is 0 Å². The van der Waals surface area contributed by atoms with Gasteiger partial charge in [-0.1, -0.05) is 0 Å². The van der Waals surface area contributed by atoms with Crippen LogP contribution in [-0.2, 0) is 7.05 Å². The predicted octanol–water partition coefficient (Wildman–Crippen LogP) is 1.20. The lowest BCUT2D eigenvalue weighted by molar-refractivity contribution is 0.428. The van der Waals surface area contributed by atoms with Crippen LogP contribution in [0.1, 0.15) is 11.3 Å². The largest absolute Gasteiger partial charge is 0.437 e. The van der Waals surface area contributed by atoms with Crippen molar-refractivity contribution in [1.29, 1.82) is 5.41 Å². The Balaban J connectivity index is 2.42. The fourth-order valence-electron chi connectivity index (χ4n) is 1.58. The second kappa shape index (κ2) is 4.25. The van der Waals surface area contributed by atoms with Crippen molar-refractivity contribution < 1.29 is 4.74 Å². The van der Waals surface area contributed by atoms with Gasteiger partial charge in [0.2, 0.25) is 5.88 Å². The van der Waals surface area contributed by atoms with E-state index in [2.05, 4.69) is 10.1 Å². The number of aryl methyl sites for hydroxylation is 2. The van der Waals surface area contributed by atoms with E-state index in [0.29, 0.717) is 22.9 Å². The molecule has 0 radical (unpaired) electrons. The van der Waals surface area contributed by atoms with Gasteiger partial charge in [0.1, 0.15) is 17.1 Å². The zero-order valence-electron chi connectivity index (χ0n) is 9.64. The van der Waals surface area contributed by atoms with E-state index < -0.39 is 0 Å². The molecular weight excluding hydrogens is 218 g/mol. The number of nitrogens with zero attached hydrogens (tertiary/aromatic N) is 3. The minimum absolute atomic E-state index is 0.0607. The lowest BCUT2D eigenvalue weighted by Gasteiger charge is -2.07. The van der Waals surface area contributed by atoms with Crippen LogP contribution in [0.4, 0.5) is 0 Å². The van der Waals surface area contributed by atoms with Gasteiger partial charge in [-0.05, 0) is 19.1 Å². The highest BCUT2D eigenvalue weighted by Crippen LogP contribution is 2.25. The summed E-state index contributed by atoms with van der Waals surface area (Å²) in [5, 5.41) is 11.7. The molecule has 0 fully saturated rings. The number of nitrogens with one attached hydrogen (secondary N) is 1. The number of hydrogen-bond donors (Lipinski definition) is 2. The van der Waals surface area contributed by atoms with E-state index in [9.17, 15) is 0 Å². The van der Waals surface area contributed by atoms with Crippen molar-refractivity contribution >= 4 is 5.84 Å². The van der Waals surface area contributed by atoms with Crippen molar-refractivity contribution in [1.82, 2.24) is 14.8 Å². The molecule has 0 aliphatic carbocycles. The van der Waals surface area contributed by atoms with E-state index in [0.717, 1.165) is 0 Å². The summed E-state index contributed by atoms with van der Waals surface area (Å²) in [5.41, 5.74) is 6.69. The second-order valence-corrected chi connectivity index (χ2v) is 3.59. The Bertz CT molecular complexity index is 546. The number of pyridine rings is 1. The highest BCUT2D eigenvalue weighted by molar-refractivity contribution is 5.98. The van der Waals surface area contributed by atoms with Gasteiger partial charge in [-0.3, -0.25) is 10.4 Å². The van der Waals surface area contributed by atoms with Crippen LogP contribution in [0, 0.1) is 12.3 Å². The minimum Gasteiger partial charge on any atom is -0.437 e. The van der Waals surface area contributed by atoms with Crippen LogP contribution in [0.3, 0.4) is 0 Å². The molecule has 0 aliphatic heterocycles. The van der Waals surface area contributed by atoms with Crippen LogP contribution in [0.5, 0.6) is 11.6 Å². The Kier molecular flexibility index (Phi) is 2.78. The van der Waals surface area contributed by atoms with Crippen molar-refractivity contribution in [2.24, 2.45) is 12.8 Å². The molecule has 88 valence electrons. The summed E-state index contributed by atoms with van der Waals surface area (Å²) < 4.78 is 7.19. The fourth-order valence-corrected chi connectivity index (χ4v) is 1.58. The van der Waals surface area contributed by atoms with Crippen LogP contribution in [0.2, 0.25) is 0 Å². The molecule has 0 amide bonds. The summed E-state index contributed by atoms with van der Waals surface area (Å²) in [6.45, 7) is 1.78. The van der Waals surface area contributed by atoms with E-state index in [1.165, 1.54) is 0 Å². The summed E-state index contributed by atoms with van der Waals surface area (Å²) in [5.74, 6) is 0.968. The molecule has 0 atom stereocenters. The quantitative estimate of drug-likeness (QED) is 0.613. The minimum atomic E-state index is -0.0607. The third kappa shape index (κ3) is 2.10. The molecule has 2 heterocycles. The maximum Gasteiger partial charge on any atom is 0.228 e. The topological polar surface area (TPSA) is 89.8 Å². The SMILES string of the molecule is Cc1nn(C)c(Oc2cccnc2)c1C(=N)N. The first-order valence-corrected chi connectivity index (χ1v) is 5.05. The Morgan fingerprint density at radius 3 is 2.88 bits per heavy atom. The number of rotatable bonds is 3. The lowest BCUT2D eigenvalue weighted by atomic mass is 10.2. The smallest absolute Gasteiger partial charge is 0.228 e. The fraction of sp³-hybridized carbons (Fsp3) is 0.182. The monoisotopic (exact) mass is 231 g/mol. The molecule has 6 nitrogen and oxygen atoms in total. The van der Waals surface area contributed by atoms with Crippen molar-refractivity contribution in [2.45, 2.75) is 6.92 Å². The number of hydrogen-bond acceptors (Lipinski definition) is 4. The number of amidine groups is 1. The molecule has 2 aromatic heterocycles. The third-order valence-electron chi connectivity index (χ3n) is 2.29. The van der Waals surface area contributed by atoms with E-state index in [4.69, 9.17) is 15.9 Å². The van der Waals surface area contributed by atoms with Crippen LogP contribution in [-0.4, -0.2) is 20.6 Å². The number of ether oxygens (including phenoxy) is 1. The summed E-state index contributed by atoms with van der Waals surface area (Å²) in [6.07, 6.45) is 3.25. The van der Waals surface area contributed by atoms with E-state index in [1.54, 1.807) is 43.2 Å². The maximum atomic E-state index is 7.53. The summed E-state index contributed by atoms with van der Waals surface area (Å²) >= 11 is 0. The zero-order chi connectivity index (χ0) is 12.4. The second-order valence-electron chi connectivity index (χ2n) is 3.59. The van der Waals surface area contributed by atoms with Crippen LogP contribution in [0.15, 0.2) is 24.5 Å². The highest BCUT2D eigenvalue weighted by Gasteiger charge is 2.17. The average Bonchev–Trinajstić information content (AvgIpc) is 2.55. The van der Waals surface area contributed by atoms with Gasteiger partial charge in [0.05, 0.1) is 11.9 Å². The molecular formula is C11H13N5O. The molecule has 17 heavy (non-hydrogen) atoms. The molecule has 0 aliphatic rings. The molecule has 0 unspecified atom stereocenters. The maximum absolute atomic E-state index is 7.53. The van der Waals surface area contributed by atoms with Gasteiger partial charge in [0.25, 0.3) is 0 Å². The standard InChI is InChI=1S/C11H13N5O/c1-7-9(10(12)13)11(16(2)15-7)17-8-4-3-5-14-6-8/h3-6H,1-2H3,(H3,12,13). The molecule has 0 saturated heterocycles. The molecule has 6 heteroatoms. The van der Waals surface area contributed by atoms with E-state index >= 15 is 0 Å². The number of nitrogen functional groups attached to an aromatic ring is 1. The van der Waals surface area contributed by atoms with Crippen LogP contribution >= 0.6 is 0 Å². The summed E-state index contributed by atoms with van der Waals surface area (Å²) in [4.78, 5) is 3.95. The summed E-state index contributed by atoms with van der Waals surface area (Å²) in [6, 6.07) is 3.55. The van der Waals surface area contributed by atoms with Gasteiger partial charge in [-0.25, -0.2) is 4.68 Å². The molecule has 0 saturated carbocycles. The van der Waals surface area contributed by atoms with Gasteiger partial charge in [0, 0.05) is 13.2 Å². The average molecular weight is 231 g/mol. The highest BCUT2D eigenvalue weighted by atomic mass is 16.5. The van der Waals surface area contributed by atoms with Crippen LogP contribution < -0.4 is 10.5 Å². The Labute approximate surface area is 98.5 Å². The van der Waals surface area contributed by atoms with Crippen molar-refractivity contribution in [3.05, 3.63) is 35.8 Å². The first-order chi connectivity index (χ1) is 8.09. The molecule has 0 spiro atoms. The van der Waals surface area contributed by atoms with E-state index in [-0.39, 0.29) is 5.84 Å². The van der Waals surface area contributed by atoms with Gasteiger partial charge >= 0.3 is 0 Å².